The maximum absolute atomic E-state index is 9.30. The number of nitrogens with two attached hydrogens (primary N) is 1. The van der Waals surface area contributed by atoms with Crippen LogP contribution in [-0.4, -0.2) is 20.5 Å². The summed E-state index contributed by atoms with van der Waals surface area (Å²) in [7, 11) is 0. The molecule has 0 bridgehead atoms. The van der Waals surface area contributed by atoms with Gasteiger partial charge in [0.2, 0.25) is 0 Å². The van der Waals surface area contributed by atoms with E-state index in [0.717, 1.165) is 0 Å². The molecular weight excluding hydrogens is 252 g/mol. The molecule has 0 atom stereocenters. The minimum Gasteiger partial charge on any atom is -0.504 e. The van der Waals surface area contributed by atoms with Crippen molar-refractivity contribution in [2.75, 3.05) is 5.73 Å². The largest absolute Gasteiger partial charge is 1.00 e. The number of nitrogens with one attached hydrogen (secondary N) is 1. The van der Waals surface area contributed by atoms with Crippen molar-refractivity contribution < 1.29 is 27.5 Å². The predicted octanol–water partition coefficient (Wildman–Crippen LogP) is 0.243. The first kappa shape index (κ1) is 9.05. The fourth-order valence-electron chi connectivity index (χ4n) is 0.914. The average Bonchev–Trinajstić information content (AvgIpc) is 2.45. The number of aromatic hydroxyl groups is 1. The first-order chi connectivity index (χ1) is 5.29. The van der Waals surface area contributed by atoms with Crippen LogP contribution in [0.1, 0.15) is 0 Å². The Morgan fingerprint density at radius 2 is 2.08 bits per heavy atom. The van der Waals surface area contributed by atoms with Gasteiger partial charge in [-0.25, -0.2) is 0 Å². The number of nitrogens with zero attached hydrogens (tertiary/aromatic N) is 2. The zero-order chi connectivity index (χ0) is 7.84. The van der Waals surface area contributed by atoms with Gasteiger partial charge in [-0.05, 0) is 12.1 Å². The average molecular weight is 258 g/mol. The number of fused-ring (bicyclic) bond motifs is 1. The van der Waals surface area contributed by atoms with Crippen molar-refractivity contribution >= 4 is 16.7 Å². The minimum absolute atomic E-state index is 0. The number of aromatic amines is 1. The molecule has 0 aliphatic carbocycles. The van der Waals surface area contributed by atoms with Crippen molar-refractivity contribution in [1.82, 2.24) is 15.4 Å². The van der Waals surface area contributed by atoms with E-state index < -0.39 is 0 Å². The molecule has 0 amide bonds. The zero-order valence-electron chi connectivity index (χ0n) is 5.88. The number of anilines is 1. The van der Waals surface area contributed by atoms with Crippen LogP contribution in [0.25, 0.3) is 11.0 Å². The van der Waals surface area contributed by atoms with E-state index >= 15 is 0 Å². The first-order valence-electron chi connectivity index (χ1n) is 3.07. The van der Waals surface area contributed by atoms with Gasteiger partial charge in [-0.15, -0.1) is 0 Å². The molecule has 12 heavy (non-hydrogen) atoms. The second kappa shape index (κ2) is 3.14. The molecule has 0 aliphatic heterocycles. The van der Waals surface area contributed by atoms with E-state index in [1.807, 2.05) is 0 Å². The van der Waals surface area contributed by atoms with Gasteiger partial charge in [0.1, 0.15) is 5.52 Å². The number of rotatable bonds is 0. The summed E-state index contributed by atoms with van der Waals surface area (Å²) < 4.78 is 0. The van der Waals surface area contributed by atoms with Gasteiger partial charge in [0.15, 0.2) is 11.3 Å². The van der Waals surface area contributed by atoms with Crippen LogP contribution in [-0.2, 0) is 22.4 Å². The molecule has 1 heterocycles. The van der Waals surface area contributed by atoms with Crippen LogP contribution in [0.15, 0.2) is 12.1 Å². The molecule has 0 unspecified atom stereocenters. The third-order valence-electron chi connectivity index (χ3n) is 1.49. The standard InChI is InChI=1S/C6H6N4O.Ag/c7-3-1-2-4-5(6(3)11)9-10-8-4;/h1-2,11H,7H2,(H,8,9,10);/q;+1. The monoisotopic (exact) mass is 257 g/mol. The molecule has 1 aromatic heterocycles. The Kier molecular flexibility index (Phi) is 2.37. The van der Waals surface area contributed by atoms with Crippen LogP contribution in [0.4, 0.5) is 5.69 Å². The predicted molar refractivity (Wildman–Crippen MR) is 40.0 cm³/mol. The molecule has 0 aliphatic rings. The van der Waals surface area contributed by atoms with E-state index in [2.05, 4.69) is 15.4 Å². The maximum Gasteiger partial charge on any atom is 1.00 e. The number of H-pyrrole nitrogens is 1. The molecule has 1 aromatic carbocycles. The fraction of sp³-hybridized carbons (Fsp3) is 0. The molecule has 0 radical (unpaired) electrons. The van der Waals surface area contributed by atoms with Gasteiger partial charge in [0.25, 0.3) is 0 Å². The summed E-state index contributed by atoms with van der Waals surface area (Å²) in [6.45, 7) is 0. The number of aromatic nitrogens is 3. The van der Waals surface area contributed by atoms with E-state index in [1.54, 1.807) is 12.1 Å². The second-order valence-electron chi connectivity index (χ2n) is 2.19. The summed E-state index contributed by atoms with van der Waals surface area (Å²) in [4.78, 5) is 0. The Morgan fingerprint density at radius 3 is 2.83 bits per heavy atom. The van der Waals surface area contributed by atoms with Crippen molar-refractivity contribution in [3.63, 3.8) is 0 Å². The number of hydrogen-bond acceptors (Lipinski definition) is 4. The van der Waals surface area contributed by atoms with Gasteiger partial charge >= 0.3 is 22.4 Å². The summed E-state index contributed by atoms with van der Waals surface area (Å²) in [6, 6.07) is 3.27. The number of nitrogen functional groups attached to an aromatic ring is 1. The molecule has 5 nitrogen and oxygen atoms in total. The van der Waals surface area contributed by atoms with E-state index in [-0.39, 0.29) is 28.1 Å². The van der Waals surface area contributed by atoms with E-state index in [0.29, 0.717) is 16.7 Å². The fourth-order valence-corrected chi connectivity index (χ4v) is 0.914. The van der Waals surface area contributed by atoms with Gasteiger partial charge in [0, 0.05) is 0 Å². The summed E-state index contributed by atoms with van der Waals surface area (Å²) in [5, 5.41) is 19.2. The van der Waals surface area contributed by atoms with Crippen LogP contribution in [0, 0.1) is 0 Å². The second-order valence-corrected chi connectivity index (χ2v) is 2.19. The third kappa shape index (κ3) is 1.18. The normalized spacial score (nSPS) is 9.67. The SMILES string of the molecule is Nc1ccc2n[nH]nc2c1O.[Ag+]. The Bertz CT molecular complexity index is 399. The zero-order valence-corrected chi connectivity index (χ0v) is 7.36. The van der Waals surface area contributed by atoms with Crippen LogP contribution < -0.4 is 5.73 Å². The van der Waals surface area contributed by atoms with Gasteiger partial charge in [-0.3, -0.25) is 0 Å². The van der Waals surface area contributed by atoms with Crippen molar-refractivity contribution in [3.05, 3.63) is 12.1 Å². The van der Waals surface area contributed by atoms with Gasteiger partial charge in [-0.2, -0.15) is 15.4 Å². The van der Waals surface area contributed by atoms with E-state index in [4.69, 9.17) is 5.73 Å². The summed E-state index contributed by atoms with van der Waals surface area (Å²) >= 11 is 0. The van der Waals surface area contributed by atoms with Crippen LogP contribution in [0.3, 0.4) is 0 Å². The van der Waals surface area contributed by atoms with Crippen molar-refractivity contribution in [2.24, 2.45) is 0 Å². The molecule has 66 valence electrons. The van der Waals surface area contributed by atoms with E-state index in [9.17, 15) is 5.11 Å². The molecule has 0 saturated carbocycles. The van der Waals surface area contributed by atoms with Gasteiger partial charge in [-0.1, -0.05) is 0 Å². The van der Waals surface area contributed by atoms with E-state index in [1.165, 1.54) is 0 Å². The smallest absolute Gasteiger partial charge is 0.504 e. The maximum atomic E-state index is 9.30. The molecule has 6 heteroatoms. The van der Waals surface area contributed by atoms with Gasteiger partial charge < -0.3 is 10.8 Å². The molecule has 2 rings (SSSR count). The third-order valence-corrected chi connectivity index (χ3v) is 1.49. The van der Waals surface area contributed by atoms with Crippen molar-refractivity contribution in [3.8, 4) is 5.75 Å². The molecule has 4 N–H and O–H groups in total. The Labute approximate surface area is 83.5 Å². The number of hydrogen-bond donors (Lipinski definition) is 3. The summed E-state index contributed by atoms with van der Waals surface area (Å²) in [6.07, 6.45) is 0. The van der Waals surface area contributed by atoms with Gasteiger partial charge in [0.05, 0.1) is 5.69 Å². The minimum atomic E-state index is -0.0174. The molecule has 0 fully saturated rings. The topological polar surface area (TPSA) is 87.8 Å². The number of phenolic OH excluding ortho intramolecular Hbond substituents is 1. The summed E-state index contributed by atoms with van der Waals surface area (Å²) in [5.74, 6) is -0.0174. The quantitative estimate of drug-likeness (QED) is 0.359. The van der Waals surface area contributed by atoms with Crippen molar-refractivity contribution in [2.45, 2.75) is 0 Å². The molecule has 0 saturated heterocycles. The van der Waals surface area contributed by atoms with Crippen LogP contribution >= 0.6 is 0 Å². The number of benzene rings is 1. The molecule has 0 spiro atoms. The number of phenols is 1. The Morgan fingerprint density at radius 1 is 1.33 bits per heavy atom. The first-order valence-corrected chi connectivity index (χ1v) is 3.07. The van der Waals surface area contributed by atoms with Crippen LogP contribution in [0.5, 0.6) is 5.75 Å². The van der Waals surface area contributed by atoms with Crippen LogP contribution in [0.2, 0.25) is 0 Å². The Hall–Kier alpha value is -1.04. The van der Waals surface area contributed by atoms with Crippen molar-refractivity contribution in [1.29, 1.82) is 0 Å². The summed E-state index contributed by atoms with van der Waals surface area (Å²) in [5.41, 5.74) is 6.74. The Balaban J connectivity index is 0.000000720. The molecular formula is C6H6AgN4O+. The molecule has 2 aromatic rings.